The first-order valence-corrected chi connectivity index (χ1v) is 14.3. The molecule has 2 aliphatic heterocycles. The highest BCUT2D eigenvalue weighted by Crippen LogP contribution is 2.26. The highest BCUT2D eigenvalue weighted by molar-refractivity contribution is 7.89. The van der Waals surface area contributed by atoms with Gasteiger partial charge in [-0.1, -0.05) is 26.0 Å². The lowest BCUT2D eigenvalue weighted by Gasteiger charge is -2.41. The molecule has 9 heteroatoms. The van der Waals surface area contributed by atoms with E-state index in [9.17, 15) is 17.6 Å². The fraction of sp³-hybridized carbons (Fsp3) is 0.519. The van der Waals surface area contributed by atoms with Gasteiger partial charge < -0.3 is 9.64 Å². The molecule has 0 radical (unpaired) electrons. The first kappa shape index (κ1) is 26.6. The Morgan fingerprint density at radius 2 is 1.56 bits per heavy atom. The van der Waals surface area contributed by atoms with E-state index in [1.54, 1.807) is 30.3 Å². The lowest BCUT2D eigenvalue weighted by Crippen LogP contribution is -2.50. The number of nitrogens with zero attached hydrogens (tertiary/aromatic N) is 3. The van der Waals surface area contributed by atoms with Crippen molar-refractivity contribution in [1.29, 1.82) is 0 Å². The van der Waals surface area contributed by atoms with Gasteiger partial charge in [-0.25, -0.2) is 12.8 Å². The van der Waals surface area contributed by atoms with Crippen LogP contribution in [0.5, 0.6) is 5.75 Å². The Balaban J connectivity index is 1.26. The van der Waals surface area contributed by atoms with Gasteiger partial charge in [0.1, 0.15) is 6.10 Å². The maximum atomic E-state index is 13.9. The second kappa shape index (κ2) is 11.7. The summed E-state index contributed by atoms with van der Waals surface area (Å²) in [6, 6.07) is 13.2. The Labute approximate surface area is 213 Å². The van der Waals surface area contributed by atoms with Crippen molar-refractivity contribution in [2.75, 3.05) is 39.3 Å². The normalized spacial score (nSPS) is 18.5. The molecule has 0 aliphatic carbocycles. The predicted octanol–water partition coefficient (Wildman–Crippen LogP) is 4.00. The molecule has 196 valence electrons. The standard InChI is InChI=1S/C27H36FN3O4S/c1-3-31(4-2)36(33,34)24-11-9-21(10-12-24)27(32)30-17-13-22(14-18-30)29-19-15-23(16-20-29)35-26-8-6-5-7-25(26)28/h5-12,22-23H,3-4,13-20H2,1-2H3. The van der Waals surface area contributed by atoms with Crippen molar-refractivity contribution in [3.8, 4) is 5.75 Å². The Morgan fingerprint density at radius 3 is 2.14 bits per heavy atom. The Morgan fingerprint density at radius 1 is 0.944 bits per heavy atom. The molecule has 0 atom stereocenters. The SMILES string of the molecule is CCN(CC)S(=O)(=O)c1ccc(C(=O)N2CCC(N3CCC(Oc4ccccc4F)CC3)CC2)cc1. The third-order valence-electron chi connectivity index (χ3n) is 7.32. The summed E-state index contributed by atoms with van der Waals surface area (Å²) in [5, 5.41) is 0. The van der Waals surface area contributed by atoms with E-state index in [0.717, 1.165) is 38.8 Å². The van der Waals surface area contributed by atoms with Crippen molar-refractivity contribution in [2.24, 2.45) is 0 Å². The number of piperidine rings is 2. The van der Waals surface area contributed by atoms with Crippen molar-refractivity contribution >= 4 is 15.9 Å². The minimum atomic E-state index is -3.54. The number of sulfonamides is 1. The summed E-state index contributed by atoms with van der Waals surface area (Å²) in [7, 11) is -3.54. The quantitative estimate of drug-likeness (QED) is 0.529. The summed E-state index contributed by atoms with van der Waals surface area (Å²) in [6.07, 6.45) is 3.54. The Bertz CT molecular complexity index is 1120. The highest BCUT2D eigenvalue weighted by Gasteiger charge is 2.31. The van der Waals surface area contributed by atoms with Crippen LogP contribution in [0.2, 0.25) is 0 Å². The minimum absolute atomic E-state index is 0.0216. The van der Waals surface area contributed by atoms with Gasteiger partial charge in [-0.3, -0.25) is 9.69 Å². The van der Waals surface area contributed by atoms with Gasteiger partial charge in [0, 0.05) is 50.9 Å². The van der Waals surface area contributed by atoms with Crippen LogP contribution in [0.15, 0.2) is 53.4 Å². The molecule has 0 unspecified atom stereocenters. The zero-order valence-electron chi connectivity index (χ0n) is 21.1. The number of ether oxygens (including phenoxy) is 1. The van der Waals surface area contributed by atoms with E-state index in [4.69, 9.17) is 4.74 Å². The van der Waals surface area contributed by atoms with Crippen molar-refractivity contribution in [1.82, 2.24) is 14.1 Å². The second-order valence-electron chi connectivity index (χ2n) is 9.42. The molecule has 2 saturated heterocycles. The molecule has 2 aliphatic rings. The number of carbonyl (C=O) groups is 1. The summed E-state index contributed by atoms with van der Waals surface area (Å²) in [5.41, 5.74) is 0.512. The molecule has 0 aromatic heterocycles. The van der Waals surface area contributed by atoms with Crippen molar-refractivity contribution in [3.05, 3.63) is 59.9 Å². The number of halogens is 1. The number of hydrogen-bond acceptors (Lipinski definition) is 5. The lowest BCUT2D eigenvalue weighted by atomic mass is 9.98. The zero-order valence-corrected chi connectivity index (χ0v) is 21.9. The Hall–Kier alpha value is -2.49. The first-order valence-electron chi connectivity index (χ1n) is 12.9. The number of benzene rings is 2. The molecule has 2 heterocycles. The van der Waals surface area contributed by atoms with Crippen molar-refractivity contribution in [2.45, 2.75) is 56.6 Å². The van der Waals surface area contributed by atoms with Crippen LogP contribution in [0.3, 0.4) is 0 Å². The fourth-order valence-corrected chi connectivity index (χ4v) is 6.64. The highest BCUT2D eigenvalue weighted by atomic mass is 32.2. The third-order valence-corrected chi connectivity index (χ3v) is 9.38. The van der Waals surface area contributed by atoms with Gasteiger partial charge in [0.15, 0.2) is 11.6 Å². The monoisotopic (exact) mass is 517 g/mol. The van der Waals surface area contributed by atoms with Gasteiger partial charge >= 0.3 is 0 Å². The van der Waals surface area contributed by atoms with Crippen LogP contribution in [-0.4, -0.2) is 79.8 Å². The van der Waals surface area contributed by atoms with Crippen LogP contribution in [-0.2, 0) is 10.0 Å². The molecular weight excluding hydrogens is 481 g/mol. The summed E-state index contributed by atoms with van der Waals surface area (Å²) in [5.74, 6) is -0.0594. The molecular formula is C27H36FN3O4S. The molecule has 2 aromatic rings. The molecule has 1 amide bonds. The molecule has 2 fully saturated rings. The van der Waals surface area contributed by atoms with E-state index in [1.807, 2.05) is 18.7 Å². The maximum Gasteiger partial charge on any atom is 0.253 e. The van der Waals surface area contributed by atoms with Crippen LogP contribution in [0.1, 0.15) is 49.9 Å². The molecule has 4 rings (SSSR count). The van der Waals surface area contributed by atoms with Gasteiger partial charge in [-0.2, -0.15) is 4.31 Å². The van der Waals surface area contributed by atoms with Gasteiger partial charge in [-0.15, -0.1) is 0 Å². The topological polar surface area (TPSA) is 70.2 Å². The van der Waals surface area contributed by atoms with Crippen LogP contribution < -0.4 is 4.74 Å². The first-order chi connectivity index (χ1) is 17.3. The van der Waals surface area contributed by atoms with Gasteiger partial charge in [0.25, 0.3) is 5.91 Å². The van der Waals surface area contributed by atoms with E-state index in [0.29, 0.717) is 43.5 Å². The number of likely N-dealkylation sites (tertiary alicyclic amines) is 2. The summed E-state index contributed by atoms with van der Waals surface area (Å²) >= 11 is 0. The summed E-state index contributed by atoms with van der Waals surface area (Å²) < 4.78 is 46.5. The van der Waals surface area contributed by atoms with Gasteiger partial charge in [0.05, 0.1) is 4.90 Å². The van der Waals surface area contributed by atoms with Crippen molar-refractivity contribution < 1.29 is 22.3 Å². The fourth-order valence-electron chi connectivity index (χ4n) is 5.18. The molecule has 2 aromatic carbocycles. The average Bonchev–Trinajstić information content (AvgIpc) is 2.91. The predicted molar refractivity (Wildman–Crippen MR) is 137 cm³/mol. The lowest BCUT2D eigenvalue weighted by molar-refractivity contribution is 0.0416. The van der Waals surface area contributed by atoms with Crippen molar-refractivity contribution in [3.63, 3.8) is 0 Å². The van der Waals surface area contributed by atoms with Crippen LogP contribution in [0.4, 0.5) is 4.39 Å². The maximum absolute atomic E-state index is 13.9. The second-order valence-corrected chi connectivity index (χ2v) is 11.4. The molecule has 0 saturated carbocycles. The smallest absolute Gasteiger partial charge is 0.253 e. The average molecular weight is 518 g/mol. The summed E-state index contributed by atoms with van der Waals surface area (Å²) in [4.78, 5) is 17.6. The van der Waals surface area contributed by atoms with E-state index >= 15 is 0 Å². The summed E-state index contributed by atoms with van der Waals surface area (Å²) in [6.45, 7) is 7.59. The number of rotatable bonds is 8. The van der Waals surface area contributed by atoms with Crippen LogP contribution in [0.25, 0.3) is 0 Å². The number of carbonyl (C=O) groups excluding carboxylic acids is 1. The Kier molecular flexibility index (Phi) is 8.64. The molecule has 0 N–H and O–H groups in total. The van der Waals surface area contributed by atoms with Crippen LogP contribution in [0, 0.1) is 5.82 Å². The van der Waals surface area contributed by atoms with E-state index in [2.05, 4.69) is 4.90 Å². The third kappa shape index (κ3) is 5.90. The molecule has 0 spiro atoms. The van der Waals surface area contributed by atoms with Gasteiger partial charge in [-0.05, 0) is 62.1 Å². The number of hydrogen-bond donors (Lipinski definition) is 0. The molecule has 7 nitrogen and oxygen atoms in total. The van der Waals surface area contributed by atoms with E-state index < -0.39 is 10.0 Å². The zero-order chi connectivity index (χ0) is 25.7. The minimum Gasteiger partial charge on any atom is -0.487 e. The number of amides is 1. The molecule has 0 bridgehead atoms. The van der Waals surface area contributed by atoms with Gasteiger partial charge in [0.2, 0.25) is 10.0 Å². The van der Waals surface area contributed by atoms with E-state index in [1.165, 1.54) is 22.5 Å². The van der Waals surface area contributed by atoms with E-state index in [-0.39, 0.29) is 22.7 Å². The molecule has 36 heavy (non-hydrogen) atoms. The number of para-hydroxylation sites is 1. The van der Waals surface area contributed by atoms with Crippen LogP contribution >= 0.6 is 0 Å². The largest absolute Gasteiger partial charge is 0.487 e.